The fraction of sp³-hybridized carbons (Fsp3) is 0.261. The number of hydrogen-bond donors (Lipinski definition) is 0. The van der Waals surface area contributed by atoms with E-state index < -0.39 is 16.6 Å². The van der Waals surface area contributed by atoms with Crippen molar-refractivity contribution in [2.75, 3.05) is 13.1 Å². The number of pyridine rings is 2. The Morgan fingerprint density at radius 3 is 2.63 bits per heavy atom. The average molecular weight is 520 g/mol. The molecular weight excluding hydrogens is 500 g/mol. The van der Waals surface area contributed by atoms with Gasteiger partial charge in [0.2, 0.25) is 10.0 Å². The van der Waals surface area contributed by atoms with Crippen LogP contribution in [0, 0.1) is 0 Å². The van der Waals surface area contributed by atoms with Crippen LogP contribution >= 0.6 is 11.6 Å². The third-order valence-electron chi connectivity index (χ3n) is 5.92. The number of hydrogen-bond acceptors (Lipinski definition) is 6. The second-order valence-corrected chi connectivity index (χ2v) is 10.3. The molecule has 1 saturated heterocycles. The van der Waals surface area contributed by atoms with Gasteiger partial charge in [0, 0.05) is 49.4 Å². The minimum absolute atomic E-state index is 0.0749. The van der Waals surface area contributed by atoms with Crippen molar-refractivity contribution in [1.82, 2.24) is 23.8 Å². The average Bonchev–Trinajstić information content (AvgIpc) is 3.23. The monoisotopic (exact) mass is 519 g/mol. The number of rotatable bonds is 6. The molecule has 4 aromatic rings. The van der Waals surface area contributed by atoms with Gasteiger partial charge in [0.05, 0.1) is 9.92 Å². The summed E-state index contributed by atoms with van der Waals surface area (Å²) in [4.78, 5) is 13.2. The Bertz CT molecular complexity index is 1470. The van der Waals surface area contributed by atoms with Gasteiger partial charge in [-0.25, -0.2) is 18.4 Å². The maximum atomic E-state index is 13.2. The van der Waals surface area contributed by atoms with E-state index in [9.17, 15) is 17.2 Å². The maximum Gasteiger partial charge on any atom is 0.387 e. The van der Waals surface area contributed by atoms with Crippen LogP contribution in [0.3, 0.4) is 0 Å². The van der Waals surface area contributed by atoms with Crippen molar-refractivity contribution in [2.45, 2.75) is 30.4 Å². The number of benzene rings is 1. The van der Waals surface area contributed by atoms with Gasteiger partial charge in [-0.2, -0.15) is 13.1 Å². The number of piperidine rings is 1. The lowest BCUT2D eigenvalue weighted by atomic mass is 10.1. The Morgan fingerprint density at radius 2 is 1.89 bits per heavy atom. The van der Waals surface area contributed by atoms with Crippen LogP contribution in [0.1, 0.15) is 18.9 Å². The van der Waals surface area contributed by atoms with E-state index in [-0.39, 0.29) is 29.8 Å². The summed E-state index contributed by atoms with van der Waals surface area (Å²) in [6.07, 6.45) is 5.88. The van der Waals surface area contributed by atoms with Gasteiger partial charge in [-0.05, 0) is 43.2 Å². The highest BCUT2D eigenvalue weighted by Gasteiger charge is 2.32. The molecule has 1 aliphatic heterocycles. The number of halogens is 3. The highest BCUT2D eigenvalue weighted by molar-refractivity contribution is 7.89. The van der Waals surface area contributed by atoms with Crippen LogP contribution in [0.2, 0.25) is 5.02 Å². The number of alkyl halides is 2. The lowest BCUT2D eigenvalue weighted by molar-refractivity contribution is -0.0500. The first-order chi connectivity index (χ1) is 16.8. The first-order valence-corrected chi connectivity index (χ1v) is 12.6. The van der Waals surface area contributed by atoms with E-state index >= 15 is 0 Å². The molecule has 5 rings (SSSR count). The van der Waals surface area contributed by atoms with Gasteiger partial charge in [-0.15, -0.1) is 0 Å². The summed E-state index contributed by atoms with van der Waals surface area (Å²) in [6, 6.07) is 10.5. The summed E-state index contributed by atoms with van der Waals surface area (Å²) < 4.78 is 59.2. The van der Waals surface area contributed by atoms with E-state index in [1.165, 1.54) is 22.5 Å². The van der Waals surface area contributed by atoms with Crippen LogP contribution in [0.25, 0.3) is 22.6 Å². The Morgan fingerprint density at radius 1 is 1.09 bits per heavy atom. The smallest absolute Gasteiger partial charge is 0.387 e. The standard InChI is InChI=1S/C23H20ClF2N5O3S/c24-19-14-27-10-6-18(19)21-29-20-5-2-9-28-22(20)31(21)15-7-11-30(12-8-15)35(32,33)17-4-1-3-16(13-17)34-23(25)26/h1-6,9-10,13-15,23H,7-8,11-12H2. The molecule has 1 fully saturated rings. The van der Waals surface area contributed by atoms with Crippen molar-refractivity contribution in [3.63, 3.8) is 0 Å². The van der Waals surface area contributed by atoms with Gasteiger partial charge >= 0.3 is 6.61 Å². The fourth-order valence-electron chi connectivity index (χ4n) is 4.32. The second-order valence-electron chi connectivity index (χ2n) is 8.00. The highest BCUT2D eigenvalue weighted by atomic mass is 35.5. The van der Waals surface area contributed by atoms with Gasteiger partial charge in [-0.1, -0.05) is 17.7 Å². The predicted molar refractivity (Wildman–Crippen MR) is 126 cm³/mol. The van der Waals surface area contributed by atoms with Gasteiger partial charge < -0.3 is 9.30 Å². The van der Waals surface area contributed by atoms with Crippen LogP contribution in [-0.2, 0) is 10.0 Å². The molecule has 0 unspecified atom stereocenters. The number of ether oxygens (including phenoxy) is 1. The molecule has 3 aromatic heterocycles. The summed E-state index contributed by atoms with van der Waals surface area (Å²) >= 11 is 6.41. The van der Waals surface area contributed by atoms with Gasteiger partial charge in [0.15, 0.2) is 5.65 Å². The number of imidazole rings is 1. The van der Waals surface area contributed by atoms with Crippen molar-refractivity contribution in [3.05, 3.63) is 66.1 Å². The van der Waals surface area contributed by atoms with Crippen molar-refractivity contribution in [1.29, 1.82) is 0 Å². The number of aromatic nitrogens is 4. The molecule has 0 amide bonds. The van der Waals surface area contributed by atoms with E-state index in [0.29, 0.717) is 40.4 Å². The van der Waals surface area contributed by atoms with Crippen LogP contribution in [0.15, 0.2) is 66.0 Å². The predicted octanol–water partition coefficient (Wildman–Crippen LogP) is 4.77. The molecule has 4 heterocycles. The zero-order valence-corrected chi connectivity index (χ0v) is 19.8. The lowest BCUT2D eigenvalue weighted by Crippen LogP contribution is -2.39. The Balaban J connectivity index is 1.43. The van der Waals surface area contributed by atoms with E-state index in [0.717, 1.165) is 6.07 Å². The van der Waals surface area contributed by atoms with Crippen LogP contribution in [0.4, 0.5) is 8.78 Å². The third kappa shape index (κ3) is 4.58. The molecule has 1 aliphatic rings. The molecule has 0 spiro atoms. The van der Waals surface area contributed by atoms with Crippen LogP contribution < -0.4 is 4.74 Å². The van der Waals surface area contributed by atoms with Crippen LogP contribution in [-0.4, -0.2) is 51.9 Å². The molecule has 0 radical (unpaired) electrons. The first-order valence-electron chi connectivity index (χ1n) is 10.8. The molecule has 0 N–H and O–H groups in total. The lowest BCUT2D eigenvalue weighted by Gasteiger charge is -2.32. The molecule has 12 heteroatoms. The zero-order valence-electron chi connectivity index (χ0n) is 18.3. The SMILES string of the molecule is O=S(=O)(c1cccc(OC(F)F)c1)N1CCC(n2c(-c3ccncc3Cl)nc3cccnc32)CC1. The molecule has 0 bridgehead atoms. The number of fused-ring (bicyclic) bond motifs is 1. The largest absolute Gasteiger partial charge is 0.435 e. The summed E-state index contributed by atoms with van der Waals surface area (Å²) in [6.45, 7) is -2.56. The number of nitrogens with zero attached hydrogens (tertiary/aromatic N) is 5. The zero-order chi connectivity index (χ0) is 24.6. The van der Waals surface area contributed by atoms with E-state index in [4.69, 9.17) is 16.6 Å². The molecular formula is C23H20ClF2N5O3S. The second kappa shape index (κ2) is 9.48. The molecule has 0 aliphatic carbocycles. The Labute approximate surface area is 205 Å². The summed E-state index contributed by atoms with van der Waals surface area (Å²) in [5.74, 6) is 0.440. The summed E-state index contributed by atoms with van der Waals surface area (Å²) in [5.41, 5.74) is 2.11. The number of sulfonamides is 1. The van der Waals surface area contributed by atoms with Gasteiger partial charge in [0.1, 0.15) is 17.1 Å². The summed E-state index contributed by atoms with van der Waals surface area (Å²) in [7, 11) is -3.89. The highest BCUT2D eigenvalue weighted by Crippen LogP contribution is 2.36. The van der Waals surface area contributed by atoms with Gasteiger partial charge in [0.25, 0.3) is 0 Å². The normalized spacial score (nSPS) is 15.7. The molecule has 8 nitrogen and oxygen atoms in total. The first kappa shape index (κ1) is 23.6. The minimum Gasteiger partial charge on any atom is -0.435 e. The van der Waals surface area contributed by atoms with Crippen molar-refractivity contribution in [2.24, 2.45) is 0 Å². The van der Waals surface area contributed by atoms with E-state index in [1.54, 1.807) is 30.7 Å². The molecule has 0 atom stereocenters. The van der Waals surface area contributed by atoms with E-state index in [2.05, 4.69) is 14.7 Å². The topological polar surface area (TPSA) is 90.2 Å². The maximum absolute atomic E-state index is 13.2. The Hall–Kier alpha value is -3.15. The van der Waals surface area contributed by atoms with Crippen LogP contribution in [0.5, 0.6) is 5.75 Å². The molecule has 35 heavy (non-hydrogen) atoms. The quantitative estimate of drug-likeness (QED) is 0.364. The fourth-order valence-corrected chi connectivity index (χ4v) is 6.03. The molecule has 182 valence electrons. The van der Waals surface area contributed by atoms with E-state index in [1.807, 2.05) is 10.6 Å². The minimum atomic E-state index is -3.89. The van der Waals surface area contributed by atoms with Crippen molar-refractivity contribution < 1.29 is 21.9 Å². The van der Waals surface area contributed by atoms with Gasteiger partial charge in [-0.3, -0.25) is 4.98 Å². The summed E-state index contributed by atoms with van der Waals surface area (Å²) in [5, 5.41) is 0.454. The third-order valence-corrected chi connectivity index (χ3v) is 8.12. The van der Waals surface area contributed by atoms with Crippen molar-refractivity contribution in [3.8, 4) is 17.1 Å². The Kier molecular flexibility index (Phi) is 6.39. The van der Waals surface area contributed by atoms with Crippen molar-refractivity contribution >= 4 is 32.8 Å². The molecule has 1 aromatic carbocycles. The molecule has 0 saturated carbocycles.